The third-order valence-electron chi connectivity index (χ3n) is 8.22. The molecule has 0 amide bonds. The number of hydrogen-bond acceptors (Lipinski definition) is 1. The first-order valence-electron chi connectivity index (χ1n) is 19.9. The second-order valence-corrected chi connectivity index (χ2v) is 11.1. The van der Waals surface area contributed by atoms with Gasteiger partial charge >= 0.3 is 0 Å². The minimum absolute atomic E-state index is 0.0504. The van der Waals surface area contributed by atoms with Gasteiger partial charge in [0.25, 0.3) is 0 Å². The van der Waals surface area contributed by atoms with Crippen molar-refractivity contribution in [2.24, 2.45) is 0 Å². The summed E-state index contributed by atoms with van der Waals surface area (Å²) in [5.74, 6) is 0. The molecule has 0 unspecified atom stereocenters. The van der Waals surface area contributed by atoms with Crippen molar-refractivity contribution in [3.8, 4) is 44.5 Å². The molecule has 1 heteroatoms. The van der Waals surface area contributed by atoms with Crippen LogP contribution in [0.15, 0.2) is 200 Å². The number of hydrogen-bond donors (Lipinski definition) is 0. The highest BCUT2D eigenvalue weighted by Crippen LogP contribution is 2.42. The van der Waals surface area contributed by atoms with Gasteiger partial charge in [0.2, 0.25) is 0 Å². The Morgan fingerprint density at radius 1 is 0.340 bits per heavy atom. The van der Waals surface area contributed by atoms with E-state index in [-0.39, 0.29) is 16.8 Å². The molecular formula is C46H33N. The molecule has 222 valence electrons. The zero-order chi connectivity index (χ0) is 39.2. The normalized spacial score (nSPS) is 13.7. The maximum absolute atomic E-state index is 9.36. The highest BCUT2D eigenvalue weighted by Gasteiger charge is 2.17. The molecule has 0 spiro atoms. The molecule has 0 saturated heterocycles. The van der Waals surface area contributed by atoms with E-state index in [0.717, 1.165) is 38.8 Å². The van der Waals surface area contributed by atoms with E-state index >= 15 is 0 Å². The average Bonchev–Trinajstić information content (AvgIpc) is 3.24. The monoisotopic (exact) mass is 608 g/mol. The van der Waals surface area contributed by atoms with Gasteiger partial charge in [-0.15, -0.1) is 0 Å². The van der Waals surface area contributed by atoms with E-state index in [9.17, 15) is 2.74 Å². The lowest BCUT2D eigenvalue weighted by Gasteiger charge is -2.28. The van der Waals surface area contributed by atoms with Gasteiger partial charge in [-0.1, -0.05) is 158 Å². The third-order valence-corrected chi connectivity index (χ3v) is 8.22. The highest BCUT2D eigenvalue weighted by molar-refractivity contribution is 5.90. The highest BCUT2D eigenvalue weighted by atomic mass is 15.1. The van der Waals surface area contributed by atoms with Crippen LogP contribution in [-0.2, 0) is 0 Å². The molecule has 0 radical (unpaired) electrons. The van der Waals surface area contributed by atoms with Crippen molar-refractivity contribution in [2.75, 3.05) is 4.90 Å². The maximum atomic E-state index is 9.36. The van der Waals surface area contributed by atoms with Crippen LogP contribution < -0.4 is 4.90 Å². The van der Waals surface area contributed by atoms with Gasteiger partial charge in [0.15, 0.2) is 0 Å². The summed E-state index contributed by atoms with van der Waals surface area (Å²) in [6.07, 6.45) is 0. The fourth-order valence-electron chi connectivity index (χ4n) is 5.89. The summed E-state index contributed by atoms with van der Waals surface area (Å²) in [5.41, 5.74) is 6.12. The van der Waals surface area contributed by atoms with E-state index in [2.05, 4.69) is 42.5 Å². The van der Waals surface area contributed by atoms with E-state index < -0.39 is 54.4 Å². The van der Waals surface area contributed by atoms with Crippen LogP contribution >= 0.6 is 0 Å². The number of fused-ring (bicyclic) bond motifs is 1. The molecule has 0 saturated carbocycles. The van der Waals surface area contributed by atoms with E-state index in [1.807, 2.05) is 103 Å². The molecule has 8 aromatic rings. The van der Waals surface area contributed by atoms with Crippen LogP contribution in [0.5, 0.6) is 0 Å². The van der Waals surface area contributed by atoms with Crippen LogP contribution in [0.25, 0.3) is 55.3 Å². The Labute approximate surface area is 289 Å². The Bertz CT molecular complexity index is 2740. The quantitative estimate of drug-likeness (QED) is 0.174. The SMILES string of the molecule is [2H]c1c([2H])c([2H])c(-c2c([2H])c([2H])c(N(c3ccc(-c4cccc(-c5ccc6ccccc6c5)c4)cc3)c3ccccc3-c3ccccc3)c([2H])c2[2H])c([2H])c1[2H]. The minimum Gasteiger partial charge on any atom is -0.310 e. The van der Waals surface area contributed by atoms with Crippen LogP contribution in [0.3, 0.4) is 0 Å². The molecule has 0 aliphatic heterocycles. The zero-order valence-electron chi connectivity index (χ0n) is 34.3. The number of benzene rings is 8. The van der Waals surface area contributed by atoms with Gasteiger partial charge in [-0.3, -0.25) is 0 Å². The molecule has 0 fully saturated rings. The van der Waals surface area contributed by atoms with Gasteiger partial charge in [-0.25, -0.2) is 0 Å². The smallest absolute Gasteiger partial charge is 0.0645 e. The summed E-state index contributed by atoms with van der Waals surface area (Å²) in [5, 5.41) is 2.33. The predicted molar refractivity (Wildman–Crippen MR) is 200 cm³/mol. The van der Waals surface area contributed by atoms with Crippen LogP contribution in [0, 0.1) is 0 Å². The number of rotatable bonds is 7. The number of anilines is 3. The number of nitrogens with zero attached hydrogens (tertiary/aromatic N) is 1. The van der Waals surface area contributed by atoms with Crippen LogP contribution in [0.2, 0.25) is 0 Å². The second kappa shape index (κ2) is 12.7. The summed E-state index contributed by atoms with van der Waals surface area (Å²) in [7, 11) is 0. The second-order valence-electron chi connectivity index (χ2n) is 11.1. The van der Waals surface area contributed by atoms with E-state index in [0.29, 0.717) is 11.4 Å². The standard InChI is InChI=1S/C46H33N/c1-3-12-34(13-4-1)36-24-28-43(29-25-36)47(46-21-10-9-20-45(46)38-15-5-2-6-16-38)44-30-26-37(27-31-44)40-18-11-19-41(32-40)42-23-22-35-14-7-8-17-39(35)33-42/h1-33H/i1D,3D,4D,12D,13D,24D,25D,28D,29D. The van der Waals surface area contributed by atoms with Crippen molar-refractivity contribution < 1.29 is 12.3 Å². The Morgan fingerprint density at radius 3 is 1.72 bits per heavy atom. The Hall–Kier alpha value is -6.18. The fourth-order valence-corrected chi connectivity index (χ4v) is 5.89. The molecule has 8 rings (SSSR count). The van der Waals surface area contributed by atoms with Crippen molar-refractivity contribution in [3.05, 3.63) is 200 Å². The molecule has 8 aromatic carbocycles. The van der Waals surface area contributed by atoms with Gasteiger partial charge < -0.3 is 4.90 Å². The summed E-state index contributed by atoms with van der Waals surface area (Å²) < 4.78 is 78.6. The first-order valence-corrected chi connectivity index (χ1v) is 15.4. The van der Waals surface area contributed by atoms with Crippen molar-refractivity contribution in [3.63, 3.8) is 0 Å². The molecule has 1 nitrogen and oxygen atoms in total. The molecule has 0 atom stereocenters. The Kier molecular flexibility index (Phi) is 5.40. The summed E-state index contributed by atoms with van der Waals surface area (Å²) in [6, 6.07) is 42.9. The lowest BCUT2D eigenvalue weighted by atomic mass is 9.97. The molecule has 47 heavy (non-hydrogen) atoms. The van der Waals surface area contributed by atoms with Gasteiger partial charge in [-0.2, -0.15) is 0 Å². The predicted octanol–water partition coefficient (Wildman–Crippen LogP) is 13.0. The Morgan fingerprint density at radius 2 is 0.936 bits per heavy atom. The van der Waals surface area contributed by atoms with Gasteiger partial charge in [0, 0.05) is 16.9 Å². The summed E-state index contributed by atoms with van der Waals surface area (Å²) in [4.78, 5) is 1.70. The van der Waals surface area contributed by atoms with E-state index in [1.165, 1.54) is 5.39 Å². The van der Waals surface area contributed by atoms with Crippen molar-refractivity contribution >= 4 is 27.8 Å². The van der Waals surface area contributed by atoms with Gasteiger partial charge in [0.1, 0.15) is 0 Å². The summed E-state index contributed by atoms with van der Waals surface area (Å²) in [6.45, 7) is 0. The van der Waals surface area contributed by atoms with Crippen LogP contribution in [0.1, 0.15) is 12.3 Å². The maximum Gasteiger partial charge on any atom is 0.0645 e. The first-order chi connectivity index (χ1) is 27.0. The molecule has 0 aromatic heterocycles. The topological polar surface area (TPSA) is 3.24 Å². The average molecular weight is 609 g/mol. The number of para-hydroxylation sites is 1. The molecule has 0 aliphatic carbocycles. The minimum atomic E-state index is -0.622. The molecular weight excluding hydrogens is 567 g/mol. The summed E-state index contributed by atoms with van der Waals surface area (Å²) >= 11 is 0. The van der Waals surface area contributed by atoms with Gasteiger partial charge in [-0.05, 0) is 92.1 Å². The van der Waals surface area contributed by atoms with Crippen LogP contribution in [0.4, 0.5) is 17.1 Å². The Balaban J connectivity index is 1.29. The van der Waals surface area contributed by atoms with E-state index in [4.69, 9.17) is 9.60 Å². The third kappa shape index (κ3) is 5.83. The van der Waals surface area contributed by atoms with Crippen molar-refractivity contribution in [2.45, 2.75) is 0 Å². The molecule has 0 N–H and O–H groups in total. The first kappa shape index (κ1) is 20.0. The van der Waals surface area contributed by atoms with Crippen molar-refractivity contribution in [1.29, 1.82) is 0 Å². The largest absolute Gasteiger partial charge is 0.310 e. The van der Waals surface area contributed by atoms with E-state index in [1.54, 1.807) is 4.90 Å². The molecule has 0 aliphatic rings. The van der Waals surface area contributed by atoms with Gasteiger partial charge in [0.05, 0.1) is 18.0 Å². The van der Waals surface area contributed by atoms with Crippen LogP contribution in [-0.4, -0.2) is 0 Å². The lowest BCUT2D eigenvalue weighted by Crippen LogP contribution is -2.11. The zero-order valence-corrected chi connectivity index (χ0v) is 25.3. The molecule has 0 bridgehead atoms. The lowest BCUT2D eigenvalue weighted by molar-refractivity contribution is 1.28. The fraction of sp³-hybridized carbons (Fsp3) is 0. The molecule has 0 heterocycles. The van der Waals surface area contributed by atoms with Crippen molar-refractivity contribution in [1.82, 2.24) is 0 Å².